The molecule has 1 saturated carbocycles. The Labute approximate surface area is 98.4 Å². The van der Waals surface area contributed by atoms with E-state index in [-0.39, 0.29) is 11.0 Å². The van der Waals surface area contributed by atoms with Gasteiger partial charge in [-0.05, 0) is 19.1 Å². The summed E-state index contributed by atoms with van der Waals surface area (Å²) in [6.45, 7) is 0. The van der Waals surface area contributed by atoms with Gasteiger partial charge in [0.2, 0.25) is 10.0 Å². The molecule has 1 aliphatic rings. The van der Waals surface area contributed by atoms with Gasteiger partial charge in [-0.2, -0.15) is 0 Å². The maximum absolute atomic E-state index is 11.3. The van der Waals surface area contributed by atoms with E-state index in [1.54, 1.807) is 6.07 Å². The van der Waals surface area contributed by atoms with Crippen LogP contribution in [-0.2, 0) is 10.0 Å². The molecule has 1 aliphatic carbocycles. The van der Waals surface area contributed by atoms with Gasteiger partial charge < -0.3 is 4.74 Å². The van der Waals surface area contributed by atoms with Crippen LogP contribution in [0.25, 0.3) is 0 Å². The van der Waals surface area contributed by atoms with Crippen molar-refractivity contribution in [2.45, 2.75) is 28.9 Å². The highest BCUT2D eigenvalue weighted by atomic mass is 32.2. The zero-order valence-electron chi connectivity index (χ0n) is 8.71. The maximum Gasteiger partial charge on any atom is 0.243 e. The highest BCUT2D eigenvalue weighted by Gasteiger charge is 2.27. The smallest absolute Gasteiger partial charge is 0.243 e. The van der Waals surface area contributed by atoms with Crippen molar-refractivity contribution in [2.75, 3.05) is 6.26 Å². The Morgan fingerprint density at radius 3 is 2.75 bits per heavy atom. The van der Waals surface area contributed by atoms with Gasteiger partial charge in [-0.3, -0.25) is 0 Å². The first-order valence-corrected chi connectivity index (χ1v) is 7.51. The SMILES string of the molecule is CSc1cc(OC2CC2)c(S(N)(=O)=O)cn1. The summed E-state index contributed by atoms with van der Waals surface area (Å²) in [7, 11) is -3.77. The van der Waals surface area contributed by atoms with Crippen LogP contribution in [0.5, 0.6) is 5.75 Å². The van der Waals surface area contributed by atoms with Crippen LogP contribution < -0.4 is 9.88 Å². The van der Waals surface area contributed by atoms with Gasteiger partial charge >= 0.3 is 0 Å². The van der Waals surface area contributed by atoms with Crippen LogP contribution in [0.2, 0.25) is 0 Å². The molecule has 0 unspecified atom stereocenters. The number of primary sulfonamides is 1. The molecule has 2 N–H and O–H groups in total. The van der Waals surface area contributed by atoms with Gasteiger partial charge in [0.1, 0.15) is 10.6 Å². The molecule has 1 aromatic rings. The van der Waals surface area contributed by atoms with Crippen molar-refractivity contribution in [3.05, 3.63) is 12.3 Å². The number of aromatic nitrogens is 1. The molecule has 0 bridgehead atoms. The Hall–Kier alpha value is -0.790. The van der Waals surface area contributed by atoms with Crippen molar-refractivity contribution in [1.29, 1.82) is 0 Å². The highest BCUT2D eigenvalue weighted by Crippen LogP contribution is 2.32. The average molecular weight is 260 g/mol. The van der Waals surface area contributed by atoms with Crippen LogP contribution in [0.1, 0.15) is 12.8 Å². The van der Waals surface area contributed by atoms with E-state index in [2.05, 4.69) is 4.98 Å². The number of nitrogens with two attached hydrogens (primary N) is 1. The molecular formula is C9H12N2O3S2. The second-order valence-electron chi connectivity index (χ2n) is 3.54. The normalized spacial score (nSPS) is 16.1. The molecule has 2 rings (SSSR count). The average Bonchev–Trinajstić information content (AvgIpc) is 3.00. The second kappa shape index (κ2) is 4.23. The summed E-state index contributed by atoms with van der Waals surface area (Å²) < 4.78 is 28.1. The van der Waals surface area contributed by atoms with Gasteiger partial charge in [0.05, 0.1) is 17.3 Å². The monoisotopic (exact) mass is 260 g/mol. The lowest BCUT2D eigenvalue weighted by atomic mass is 10.4. The van der Waals surface area contributed by atoms with E-state index in [4.69, 9.17) is 9.88 Å². The van der Waals surface area contributed by atoms with Gasteiger partial charge in [-0.15, -0.1) is 11.8 Å². The van der Waals surface area contributed by atoms with E-state index >= 15 is 0 Å². The maximum atomic E-state index is 11.3. The standard InChI is InChI=1S/C9H12N2O3S2/c1-15-9-4-7(14-6-2-3-6)8(5-11-9)16(10,12)13/h4-6H,2-3H2,1H3,(H2,10,12,13). The lowest BCUT2D eigenvalue weighted by Crippen LogP contribution is -2.15. The van der Waals surface area contributed by atoms with E-state index in [9.17, 15) is 8.42 Å². The van der Waals surface area contributed by atoms with Crippen molar-refractivity contribution in [2.24, 2.45) is 5.14 Å². The van der Waals surface area contributed by atoms with Gasteiger partial charge in [-0.1, -0.05) is 0 Å². The Kier molecular flexibility index (Phi) is 3.09. The minimum Gasteiger partial charge on any atom is -0.489 e. The summed E-state index contributed by atoms with van der Waals surface area (Å²) in [6.07, 6.45) is 5.15. The predicted octanol–water partition coefficient (Wildman–Crippen LogP) is 0.992. The first-order valence-electron chi connectivity index (χ1n) is 4.74. The molecule has 0 spiro atoms. The largest absolute Gasteiger partial charge is 0.489 e. The van der Waals surface area contributed by atoms with Crippen LogP contribution in [0.3, 0.4) is 0 Å². The molecule has 1 fully saturated rings. The van der Waals surface area contributed by atoms with Crippen molar-refractivity contribution < 1.29 is 13.2 Å². The Balaban J connectivity index is 2.41. The zero-order chi connectivity index (χ0) is 11.8. The molecule has 0 saturated heterocycles. The number of rotatable bonds is 4. The summed E-state index contributed by atoms with van der Waals surface area (Å²) in [5, 5.41) is 5.80. The lowest BCUT2D eigenvalue weighted by Gasteiger charge is -2.09. The topological polar surface area (TPSA) is 82.3 Å². The van der Waals surface area contributed by atoms with Crippen molar-refractivity contribution in [3.63, 3.8) is 0 Å². The van der Waals surface area contributed by atoms with E-state index in [1.165, 1.54) is 18.0 Å². The molecule has 1 aromatic heterocycles. The van der Waals surface area contributed by atoms with Gasteiger partial charge in [0, 0.05) is 6.07 Å². The molecule has 0 aromatic carbocycles. The fraction of sp³-hybridized carbons (Fsp3) is 0.444. The van der Waals surface area contributed by atoms with Crippen molar-refractivity contribution >= 4 is 21.8 Å². The van der Waals surface area contributed by atoms with Crippen molar-refractivity contribution in [1.82, 2.24) is 4.98 Å². The number of hydrogen-bond acceptors (Lipinski definition) is 5. The Morgan fingerprint density at radius 2 is 2.25 bits per heavy atom. The molecule has 0 atom stereocenters. The van der Waals surface area contributed by atoms with Crippen LogP contribution in [0.15, 0.2) is 22.2 Å². The molecule has 88 valence electrons. The fourth-order valence-electron chi connectivity index (χ4n) is 1.19. The van der Waals surface area contributed by atoms with Crippen LogP contribution in [-0.4, -0.2) is 25.8 Å². The van der Waals surface area contributed by atoms with E-state index in [0.29, 0.717) is 10.8 Å². The molecule has 0 aliphatic heterocycles. The Morgan fingerprint density at radius 1 is 1.56 bits per heavy atom. The van der Waals surface area contributed by atoms with E-state index < -0.39 is 10.0 Å². The summed E-state index contributed by atoms with van der Waals surface area (Å²) in [5.74, 6) is 0.310. The molecule has 5 nitrogen and oxygen atoms in total. The summed E-state index contributed by atoms with van der Waals surface area (Å²) >= 11 is 1.42. The molecule has 7 heteroatoms. The number of thioether (sulfide) groups is 1. The first kappa shape index (κ1) is 11.7. The molecule has 1 heterocycles. The van der Waals surface area contributed by atoms with Crippen LogP contribution >= 0.6 is 11.8 Å². The van der Waals surface area contributed by atoms with Gasteiger partial charge in [0.15, 0.2) is 0 Å². The summed E-state index contributed by atoms with van der Waals surface area (Å²) in [4.78, 5) is 3.93. The summed E-state index contributed by atoms with van der Waals surface area (Å²) in [6, 6.07) is 1.61. The number of nitrogens with zero attached hydrogens (tertiary/aromatic N) is 1. The molecular weight excluding hydrogens is 248 g/mol. The van der Waals surface area contributed by atoms with Crippen LogP contribution in [0.4, 0.5) is 0 Å². The number of sulfonamides is 1. The van der Waals surface area contributed by atoms with E-state index in [1.807, 2.05) is 6.26 Å². The third kappa shape index (κ3) is 2.66. The number of pyridine rings is 1. The molecule has 16 heavy (non-hydrogen) atoms. The first-order chi connectivity index (χ1) is 7.50. The quantitative estimate of drug-likeness (QED) is 0.816. The van der Waals surface area contributed by atoms with E-state index in [0.717, 1.165) is 12.8 Å². The fourth-order valence-corrected chi connectivity index (χ4v) is 2.16. The minimum absolute atomic E-state index is 0.0443. The minimum atomic E-state index is -3.77. The zero-order valence-corrected chi connectivity index (χ0v) is 10.3. The third-order valence-corrected chi connectivity index (χ3v) is 3.70. The highest BCUT2D eigenvalue weighted by molar-refractivity contribution is 7.98. The molecule has 0 radical (unpaired) electrons. The predicted molar refractivity (Wildman–Crippen MR) is 61.0 cm³/mol. The third-order valence-electron chi connectivity index (χ3n) is 2.14. The van der Waals surface area contributed by atoms with Gasteiger partial charge in [0.25, 0.3) is 0 Å². The second-order valence-corrected chi connectivity index (χ2v) is 5.89. The number of ether oxygens (including phenoxy) is 1. The summed E-state index contributed by atoms with van der Waals surface area (Å²) in [5.41, 5.74) is 0. The lowest BCUT2D eigenvalue weighted by molar-refractivity contribution is 0.293. The van der Waals surface area contributed by atoms with Gasteiger partial charge in [-0.25, -0.2) is 18.5 Å². The molecule has 0 amide bonds. The Bertz CT molecular complexity index is 497. The van der Waals surface area contributed by atoms with Crippen LogP contribution in [0, 0.1) is 0 Å². The van der Waals surface area contributed by atoms with Crippen molar-refractivity contribution in [3.8, 4) is 5.75 Å². The number of hydrogen-bond donors (Lipinski definition) is 1.